The zero-order valence-electron chi connectivity index (χ0n) is 6.94. The molecule has 2 N–H and O–H groups in total. The Hall–Kier alpha value is -0.780. The number of benzene rings is 1. The number of alkyl halides is 3. The minimum absolute atomic E-state index is 0.150. The van der Waals surface area contributed by atoms with Crippen LogP contribution in [0.2, 0.25) is 5.02 Å². The van der Waals surface area contributed by atoms with Crippen molar-refractivity contribution in [3.63, 3.8) is 0 Å². The van der Waals surface area contributed by atoms with Gasteiger partial charge < -0.3 is 0 Å². The summed E-state index contributed by atoms with van der Waals surface area (Å²) < 4.78 is 36.7. The van der Waals surface area contributed by atoms with E-state index < -0.39 is 11.7 Å². The molecule has 0 radical (unpaired) electrons. The van der Waals surface area contributed by atoms with Gasteiger partial charge in [0.15, 0.2) is 0 Å². The van der Waals surface area contributed by atoms with Gasteiger partial charge >= 0.3 is 6.18 Å². The molecule has 14 heavy (non-hydrogen) atoms. The zero-order chi connectivity index (χ0) is 10.8. The average Bonchev–Trinajstić information content (AvgIpc) is 2.07. The van der Waals surface area contributed by atoms with Crippen molar-refractivity contribution < 1.29 is 18.0 Å². The first-order valence-electron chi connectivity index (χ1n) is 3.62. The highest BCUT2D eigenvalue weighted by atomic mass is 35.5. The molecule has 0 unspecified atom stereocenters. The molecule has 1 aromatic rings. The third-order valence-electron chi connectivity index (χ3n) is 1.61. The van der Waals surface area contributed by atoms with E-state index in [1.54, 1.807) is 0 Å². The maximum Gasteiger partial charge on any atom is 0.416 e. The third-order valence-corrected chi connectivity index (χ3v) is 1.98. The van der Waals surface area contributed by atoms with Gasteiger partial charge in [0, 0.05) is 5.02 Å². The molecule has 0 aliphatic rings. The van der Waals surface area contributed by atoms with E-state index in [9.17, 15) is 13.2 Å². The second kappa shape index (κ2) is 4.16. The molecule has 6 heteroatoms. The van der Waals surface area contributed by atoms with E-state index in [1.807, 2.05) is 0 Å². The Morgan fingerprint density at radius 3 is 2.50 bits per heavy atom. The first-order chi connectivity index (χ1) is 6.45. The Labute approximate surface area is 83.4 Å². The summed E-state index contributed by atoms with van der Waals surface area (Å²) in [6.07, 6.45) is -4.38. The van der Waals surface area contributed by atoms with E-state index >= 15 is 0 Å². The van der Waals surface area contributed by atoms with Crippen molar-refractivity contribution >= 4 is 11.6 Å². The second-order valence-electron chi connectivity index (χ2n) is 2.61. The molecule has 1 rings (SSSR count). The molecule has 78 valence electrons. The molecular formula is C8H7ClF3NO. The SMILES string of the molecule is NOCc1cc(C(F)(F)F)ccc1Cl. The average molecular weight is 226 g/mol. The first kappa shape index (κ1) is 11.3. The normalized spacial score (nSPS) is 11.8. The summed E-state index contributed by atoms with van der Waals surface area (Å²) in [6, 6.07) is 2.98. The van der Waals surface area contributed by atoms with E-state index in [2.05, 4.69) is 4.84 Å². The lowest BCUT2D eigenvalue weighted by atomic mass is 10.1. The summed E-state index contributed by atoms with van der Waals surface area (Å²) in [5, 5.41) is 0.198. The van der Waals surface area contributed by atoms with Gasteiger partial charge in [0.2, 0.25) is 0 Å². The maximum absolute atomic E-state index is 12.2. The van der Waals surface area contributed by atoms with Crippen LogP contribution in [0.4, 0.5) is 13.2 Å². The van der Waals surface area contributed by atoms with Crippen molar-refractivity contribution in [2.75, 3.05) is 0 Å². The minimum Gasteiger partial charge on any atom is -0.300 e. The van der Waals surface area contributed by atoms with Crippen molar-refractivity contribution in [3.8, 4) is 0 Å². The van der Waals surface area contributed by atoms with Crippen molar-refractivity contribution in [1.82, 2.24) is 0 Å². The molecule has 0 aliphatic heterocycles. The van der Waals surface area contributed by atoms with Gasteiger partial charge in [-0.2, -0.15) is 13.2 Å². The van der Waals surface area contributed by atoms with E-state index in [0.717, 1.165) is 12.1 Å². The molecule has 0 saturated carbocycles. The van der Waals surface area contributed by atoms with Crippen LogP contribution in [0.25, 0.3) is 0 Å². The Balaban J connectivity index is 3.06. The van der Waals surface area contributed by atoms with Crippen LogP contribution in [-0.2, 0) is 17.6 Å². The van der Waals surface area contributed by atoms with Gasteiger partial charge in [0.25, 0.3) is 0 Å². The van der Waals surface area contributed by atoms with Crippen LogP contribution in [0.1, 0.15) is 11.1 Å². The predicted octanol–water partition coefficient (Wildman–Crippen LogP) is 2.75. The highest BCUT2D eigenvalue weighted by Crippen LogP contribution is 2.31. The van der Waals surface area contributed by atoms with Crippen LogP contribution in [0.5, 0.6) is 0 Å². The molecule has 0 aliphatic carbocycles. The molecule has 0 heterocycles. The van der Waals surface area contributed by atoms with Gasteiger partial charge in [0.05, 0.1) is 12.2 Å². The summed E-state index contributed by atoms with van der Waals surface area (Å²) in [6.45, 7) is -0.150. The lowest BCUT2D eigenvalue weighted by Crippen LogP contribution is -2.07. The van der Waals surface area contributed by atoms with Gasteiger partial charge in [-0.25, -0.2) is 5.90 Å². The Bertz CT molecular complexity index is 327. The van der Waals surface area contributed by atoms with Gasteiger partial charge in [-0.05, 0) is 23.8 Å². The molecule has 0 aromatic heterocycles. The molecule has 0 fully saturated rings. The monoisotopic (exact) mass is 225 g/mol. The number of hydrogen-bond acceptors (Lipinski definition) is 2. The van der Waals surface area contributed by atoms with Gasteiger partial charge in [-0.3, -0.25) is 4.84 Å². The number of nitrogens with two attached hydrogens (primary N) is 1. The summed E-state index contributed by atoms with van der Waals surface area (Å²) in [4.78, 5) is 4.22. The Morgan fingerprint density at radius 2 is 2.00 bits per heavy atom. The van der Waals surface area contributed by atoms with Crippen LogP contribution in [0.15, 0.2) is 18.2 Å². The molecule has 0 bridgehead atoms. The fourth-order valence-corrected chi connectivity index (χ4v) is 1.12. The van der Waals surface area contributed by atoms with Gasteiger partial charge in [-0.15, -0.1) is 0 Å². The maximum atomic E-state index is 12.2. The van der Waals surface area contributed by atoms with Crippen LogP contribution in [0.3, 0.4) is 0 Å². The van der Waals surface area contributed by atoms with E-state index in [4.69, 9.17) is 17.5 Å². The molecule has 0 saturated heterocycles. The van der Waals surface area contributed by atoms with E-state index in [0.29, 0.717) is 0 Å². The van der Waals surface area contributed by atoms with Crippen LogP contribution in [-0.4, -0.2) is 0 Å². The van der Waals surface area contributed by atoms with Crippen molar-refractivity contribution in [1.29, 1.82) is 0 Å². The van der Waals surface area contributed by atoms with Crippen LogP contribution >= 0.6 is 11.6 Å². The lowest BCUT2D eigenvalue weighted by molar-refractivity contribution is -0.137. The molecule has 0 atom stereocenters. The fraction of sp³-hybridized carbons (Fsp3) is 0.250. The van der Waals surface area contributed by atoms with Gasteiger partial charge in [-0.1, -0.05) is 11.6 Å². The predicted molar refractivity (Wildman–Crippen MR) is 45.4 cm³/mol. The van der Waals surface area contributed by atoms with Gasteiger partial charge in [0.1, 0.15) is 0 Å². The summed E-state index contributed by atoms with van der Waals surface area (Å²) >= 11 is 5.62. The highest BCUT2D eigenvalue weighted by molar-refractivity contribution is 6.31. The smallest absolute Gasteiger partial charge is 0.300 e. The Kier molecular flexibility index (Phi) is 3.36. The van der Waals surface area contributed by atoms with Crippen molar-refractivity contribution in [2.24, 2.45) is 5.90 Å². The zero-order valence-corrected chi connectivity index (χ0v) is 7.69. The minimum atomic E-state index is -4.38. The first-order valence-corrected chi connectivity index (χ1v) is 4.00. The standard InChI is InChI=1S/C8H7ClF3NO/c9-7-2-1-6(8(10,11)12)3-5(7)4-14-13/h1-3H,4,13H2. The Morgan fingerprint density at radius 1 is 1.36 bits per heavy atom. The summed E-state index contributed by atoms with van der Waals surface area (Å²) in [5.74, 6) is 4.75. The lowest BCUT2D eigenvalue weighted by Gasteiger charge is -2.09. The third kappa shape index (κ3) is 2.60. The largest absolute Gasteiger partial charge is 0.416 e. The highest BCUT2D eigenvalue weighted by Gasteiger charge is 2.30. The van der Waals surface area contributed by atoms with E-state index in [-0.39, 0.29) is 17.2 Å². The molecule has 0 spiro atoms. The summed E-state index contributed by atoms with van der Waals surface area (Å²) in [7, 11) is 0. The van der Waals surface area contributed by atoms with Crippen LogP contribution < -0.4 is 5.90 Å². The van der Waals surface area contributed by atoms with Crippen molar-refractivity contribution in [2.45, 2.75) is 12.8 Å². The molecule has 1 aromatic carbocycles. The number of hydrogen-bond donors (Lipinski definition) is 1. The molecular weight excluding hydrogens is 219 g/mol. The number of halogens is 4. The van der Waals surface area contributed by atoms with Crippen molar-refractivity contribution in [3.05, 3.63) is 34.3 Å². The van der Waals surface area contributed by atoms with E-state index in [1.165, 1.54) is 6.07 Å². The number of rotatable bonds is 2. The molecule has 0 amide bonds. The summed E-state index contributed by atoms with van der Waals surface area (Å²) in [5.41, 5.74) is -0.557. The topological polar surface area (TPSA) is 35.2 Å². The van der Waals surface area contributed by atoms with Crippen LogP contribution in [0, 0.1) is 0 Å². The molecule has 2 nitrogen and oxygen atoms in total. The fourth-order valence-electron chi connectivity index (χ4n) is 0.951. The quantitative estimate of drug-likeness (QED) is 0.786. The second-order valence-corrected chi connectivity index (χ2v) is 3.02.